The van der Waals surface area contributed by atoms with Crippen molar-refractivity contribution in [1.29, 1.82) is 0 Å². The minimum absolute atomic E-state index is 0.00939. The molecule has 5 heteroatoms. The number of Topliss-reactive ketones (excluding diaryl/α,β-unsaturated/α-hetero) is 1. The Kier molecular flexibility index (Phi) is 10.3. The molecule has 1 aromatic rings. The molecule has 2 rings (SSSR count). The van der Waals surface area contributed by atoms with Gasteiger partial charge in [-0.15, -0.1) is 0 Å². The topological polar surface area (TPSA) is 76.5 Å². The molecule has 196 valence electrons. The third kappa shape index (κ3) is 8.86. The quantitative estimate of drug-likeness (QED) is 0.471. The van der Waals surface area contributed by atoms with E-state index in [1.165, 1.54) is 0 Å². The monoisotopic (exact) mass is 485 g/mol. The second-order valence-electron chi connectivity index (χ2n) is 12.2. The Balaban J connectivity index is 2.28. The normalized spacial score (nSPS) is 29.5. The zero-order valence-electron chi connectivity index (χ0n) is 23.2. The molecule has 5 nitrogen and oxygen atoms in total. The Morgan fingerprint density at radius 3 is 2.40 bits per heavy atom. The Hall–Kier alpha value is -2.01. The summed E-state index contributed by atoms with van der Waals surface area (Å²) in [6, 6.07) is 4.00. The van der Waals surface area contributed by atoms with Gasteiger partial charge in [-0.05, 0) is 80.6 Å². The molecule has 35 heavy (non-hydrogen) atoms. The molecule has 0 aromatic carbocycles. The summed E-state index contributed by atoms with van der Waals surface area (Å²) >= 11 is 0. The van der Waals surface area contributed by atoms with Crippen LogP contribution in [0.2, 0.25) is 0 Å². The largest absolute Gasteiger partial charge is 0.458 e. The Morgan fingerprint density at radius 2 is 1.77 bits per heavy atom. The van der Waals surface area contributed by atoms with Crippen LogP contribution in [-0.4, -0.2) is 34.1 Å². The highest BCUT2D eigenvalue weighted by Gasteiger charge is 2.37. The average molecular weight is 486 g/mol. The Labute approximate surface area is 212 Å². The highest BCUT2D eigenvalue weighted by Crippen LogP contribution is 2.35. The van der Waals surface area contributed by atoms with Crippen molar-refractivity contribution in [2.45, 2.75) is 113 Å². The lowest BCUT2D eigenvalue weighted by Gasteiger charge is -2.33. The number of carbonyl (C=O) groups excluding carboxylic acids is 2. The summed E-state index contributed by atoms with van der Waals surface area (Å²) in [5.74, 6) is -0.683. The predicted molar refractivity (Wildman–Crippen MR) is 142 cm³/mol. The van der Waals surface area contributed by atoms with Crippen LogP contribution < -0.4 is 0 Å². The molecule has 1 aromatic heterocycles. The first-order valence-electron chi connectivity index (χ1n) is 13.2. The lowest BCUT2D eigenvalue weighted by molar-refractivity contribution is -0.149. The number of hydrogen-bond acceptors (Lipinski definition) is 5. The van der Waals surface area contributed by atoms with Gasteiger partial charge in [-0.25, -0.2) is 0 Å². The molecule has 1 aliphatic heterocycles. The van der Waals surface area contributed by atoms with E-state index >= 15 is 0 Å². The third-order valence-electron chi connectivity index (χ3n) is 7.82. The van der Waals surface area contributed by atoms with Crippen LogP contribution in [0.5, 0.6) is 0 Å². The van der Waals surface area contributed by atoms with E-state index in [0.29, 0.717) is 6.42 Å². The average Bonchev–Trinajstić information content (AvgIpc) is 2.79. The number of nitrogens with zero attached hydrogens (tertiary/aromatic N) is 1. The number of hydrogen-bond donors (Lipinski definition) is 1. The fourth-order valence-corrected chi connectivity index (χ4v) is 5.01. The van der Waals surface area contributed by atoms with Gasteiger partial charge in [-0.2, -0.15) is 0 Å². The van der Waals surface area contributed by atoms with E-state index in [2.05, 4.69) is 18.8 Å². The van der Waals surface area contributed by atoms with Crippen LogP contribution in [0.3, 0.4) is 0 Å². The number of esters is 1. The molecule has 1 N–H and O–H groups in total. The fraction of sp³-hybridized carbons (Fsp3) is 0.700. The summed E-state index contributed by atoms with van der Waals surface area (Å²) in [6.45, 7) is 16.1. The molecule has 0 aliphatic carbocycles. The maximum absolute atomic E-state index is 13.2. The summed E-state index contributed by atoms with van der Waals surface area (Å²) in [5, 5.41) is 10.8. The van der Waals surface area contributed by atoms with Crippen LogP contribution in [0.4, 0.5) is 0 Å². The number of aromatic nitrogens is 1. The van der Waals surface area contributed by atoms with Gasteiger partial charge in [0.05, 0.1) is 11.8 Å². The van der Waals surface area contributed by atoms with E-state index < -0.39 is 17.4 Å². The summed E-state index contributed by atoms with van der Waals surface area (Å²) in [6.07, 6.45) is 7.98. The standard InChI is InChI=1S/C30H47NO4/c1-20-11-12-24(31-19-20)18-22(3)25-13-16-29(5,6)15-9-10-21(2)27(33)23(4)28(34)30(7,8)17-14-26(32)35-25/h11-12,18-19,21,23,25,27,33H,9-10,13-17H2,1-8H3/b22-18+/t21-,23+,25-,27-/m0/s1. The highest BCUT2D eigenvalue weighted by atomic mass is 16.5. The van der Waals surface area contributed by atoms with E-state index in [0.717, 1.165) is 48.9 Å². The molecular weight excluding hydrogens is 438 g/mol. The van der Waals surface area contributed by atoms with Gasteiger partial charge >= 0.3 is 5.97 Å². The van der Waals surface area contributed by atoms with Crippen molar-refractivity contribution in [3.05, 3.63) is 35.2 Å². The van der Waals surface area contributed by atoms with Crippen LogP contribution in [0.15, 0.2) is 23.9 Å². The van der Waals surface area contributed by atoms with Crippen LogP contribution in [0.1, 0.15) is 105 Å². The van der Waals surface area contributed by atoms with Crippen molar-refractivity contribution >= 4 is 17.8 Å². The lowest BCUT2D eigenvalue weighted by Crippen LogP contribution is -2.39. The maximum Gasteiger partial charge on any atom is 0.306 e. The molecule has 0 amide bonds. The maximum atomic E-state index is 13.2. The van der Waals surface area contributed by atoms with Gasteiger partial charge in [0.15, 0.2) is 0 Å². The summed E-state index contributed by atoms with van der Waals surface area (Å²) in [7, 11) is 0. The first-order chi connectivity index (χ1) is 16.2. The highest BCUT2D eigenvalue weighted by molar-refractivity contribution is 5.87. The van der Waals surface area contributed by atoms with Crippen molar-refractivity contribution in [2.75, 3.05) is 0 Å². The minimum Gasteiger partial charge on any atom is -0.458 e. The number of aliphatic hydroxyl groups excluding tert-OH is 1. The zero-order chi connectivity index (χ0) is 26.4. The van der Waals surface area contributed by atoms with Crippen LogP contribution >= 0.6 is 0 Å². The van der Waals surface area contributed by atoms with Gasteiger partial charge in [-0.1, -0.05) is 54.0 Å². The predicted octanol–water partition coefficient (Wildman–Crippen LogP) is 6.70. The van der Waals surface area contributed by atoms with Crippen LogP contribution in [0, 0.1) is 29.6 Å². The number of ketones is 1. The minimum atomic E-state index is -0.704. The lowest BCUT2D eigenvalue weighted by atomic mass is 9.74. The third-order valence-corrected chi connectivity index (χ3v) is 7.82. The molecule has 1 saturated heterocycles. The number of ether oxygens (including phenoxy) is 1. The number of carbonyl (C=O) groups is 2. The second-order valence-corrected chi connectivity index (χ2v) is 12.2. The molecule has 0 bridgehead atoms. The van der Waals surface area contributed by atoms with Gasteiger partial charge in [0.25, 0.3) is 0 Å². The van der Waals surface area contributed by atoms with Gasteiger partial charge in [0.1, 0.15) is 11.9 Å². The first kappa shape index (κ1) is 29.2. The molecule has 2 heterocycles. The molecule has 1 aliphatic rings. The number of aryl methyl sites for hydroxylation is 1. The Morgan fingerprint density at radius 1 is 1.09 bits per heavy atom. The van der Waals surface area contributed by atoms with Crippen LogP contribution in [0.25, 0.3) is 6.08 Å². The molecule has 4 atom stereocenters. The van der Waals surface area contributed by atoms with Gasteiger partial charge in [0, 0.05) is 24.0 Å². The fourth-order valence-electron chi connectivity index (χ4n) is 5.01. The molecule has 1 fully saturated rings. The molecule has 0 saturated carbocycles. The molecule has 0 spiro atoms. The van der Waals surface area contributed by atoms with Crippen molar-refractivity contribution in [3.8, 4) is 0 Å². The van der Waals surface area contributed by atoms with E-state index in [1.807, 2.05) is 65.9 Å². The first-order valence-corrected chi connectivity index (χ1v) is 13.2. The van der Waals surface area contributed by atoms with Gasteiger partial charge in [0.2, 0.25) is 0 Å². The number of cyclic esters (lactones) is 1. The summed E-state index contributed by atoms with van der Waals surface area (Å²) < 4.78 is 6.00. The smallest absolute Gasteiger partial charge is 0.306 e. The SMILES string of the molecule is C/C(=C\c1ccc(C)cn1)[C@@H]1CCC(C)(C)CCC[C@H](C)[C@H](O)[C@@H](C)C(=O)C(C)(C)CCC(=O)O1. The van der Waals surface area contributed by atoms with E-state index in [9.17, 15) is 14.7 Å². The van der Waals surface area contributed by atoms with Crippen molar-refractivity contribution in [1.82, 2.24) is 4.98 Å². The Bertz CT molecular complexity index is 884. The van der Waals surface area contributed by atoms with Crippen molar-refractivity contribution in [3.63, 3.8) is 0 Å². The van der Waals surface area contributed by atoms with E-state index in [1.54, 1.807) is 0 Å². The van der Waals surface area contributed by atoms with Gasteiger partial charge in [-0.3, -0.25) is 14.6 Å². The molecular formula is C30H47NO4. The van der Waals surface area contributed by atoms with Crippen molar-refractivity contribution < 1.29 is 19.4 Å². The number of rotatable bonds is 2. The summed E-state index contributed by atoms with van der Waals surface area (Å²) in [4.78, 5) is 30.6. The van der Waals surface area contributed by atoms with E-state index in [-0.39, 0.29) is 35.6 Å². The summed E-state index contributed by atoms with van der Waals surface area (Å²) in [5.41, 5.74) is 2.31. The second kappa shape index (κ2) is 12.3. The van der Waals surface area contributed by atoms with Gasteiger partial charge < -0.3 is 9.84 Å². The van der Waals surface area contributed by atoms with E-state index in [4.69, 9.17) is 4.74 Å². The van der Waals surface area contributed by atoms with Crippen molar-refractivity contribution in [2.24, 2.45) is 22.7 Å². The molecule has 0 unspecified atom stereocenters. The number of pyridine rings is 1. The van der Waals surface area contributed by atoms with Crippen LogP contribution in [-0.2, 0) is 14.3 Å². The molecule has 0 radical (unpaired) electrons. The number of aliphatic hydroxyl groups is 1. The zero-order valence-corrected chi connectivity index (χ0v) is 23.2.